The molecule has 0 saturated carbocycles. The smallest absolute Gasteiger partial charge is 0.243 e. The Hall–Kier alpha value is -0.200. The van der Waals surface area contributed by atoms with Crippen molar-refractivity contribution in [1.82, 2.24) is 5.06 Å². The van der Waals surface area contributed by atoms with Crippen molar-refractivity contribution in [2.75, 3.05) is 19.8 Å². The summed E-state index contributed by atoms with van der Waals surface area (Å²) in [6.07, 6.45) is 8.07. The zero-order valence-corrected chi connectivity index (χ0v) is 13.3. The van der Waals surface area contributed by atoms with Crippen LogP contribution < -0.4 is 0 Å². The summed E-state index contributed by atoms with van der Waals surface area (Å²) in [7, 11) is 0. The number of unbranched alkanes of at least 4 members (excludes halogenated alkanes) is 4. The first-order valence-corrected chi connectivity index (χ1v) is 7.83. The number of nitrogens with zero attached hydrogens (tertiary/aromatic N) is 1. The quantitative estimate of drug-likeness (QED) is 0.276. The zero-order chi connectivity index (χ0) is 15.4. The maximum Gasteiger partial charge on any atom is 0.243 e. The lowest BCUT2D eigenvalue weighted by atomic mass is 10.0. The molecule has 122 valence electrons. The summed E-state index contributed by atoms with van der Waals surface area (Å²) in [6, 6.07) is 0. The maximum absolute atomic E-state index is 9.23. The fourth-order valence-corrected chi connectivity index (χ4v) is 1.92. The molecular weight excluding hydrogens is 258 g/mol. The Morgan fingerprint density at radius 1 is 0.950 bits per heavy atom. The minimum Gasteiger partial charge on any atom is -0.381 e. The molecule has 5 nitrogen and oxygen atoms in total. The minimum absolute atomic E-state index is 0.179. The third-order valence-corrected chi connectivity index (χ3v) is 3.22. The van der Waals surface area contributed by atoms with Gasteiger partial charge in [-0.15, -0.1) is 5.06 Å². The normalized spacial score (nSPS) is 12.6. The molecule has 0 rings (SSSR count). The number of aliphatic hydroxyl groups is 2. The van der Waals surface area contributed by atoms with Crippen LogP contribution in [0.3, 0.4) is 0 Å². The van der Waals surface area contributed by atoms with Crippen molar-refractivity contribution in [2.45, 2.75) is 71.6 Å². The first-order chi connectivity index (χ1) is 9.34. The molecule has 0 spiro atoms. The van der Waals surface area contributed by atoms with Crippen molar-refractivity contribution in [2.24, 2.45) is 5.92 Å². The van der Waals surface area contributed by atoms with Crippen LogP contribution in [-0.4, -0.2) is 46.2 Å². The first kappa shape index (κ1) is 19.8. The van der Waals surface area contributed by atoms with Crippen molar-refractivity contribution in [3.05, 3.63) is 0 Å². The molecular formula is C15H33NO4. The lowest BCUT2D eigenvalue weighted by Crippen LogP contribution is -2.44. The van der Waals surface area contributed by atoms with E-state index in [-0.39, 0.29) is 6.54 Å². The number of hydrogen-bond donors (Lipinski definition) is 3. The zero-order valence-electron chi connectivity index (χ0n) is 13.3. The second-order valence-corrected chi connectivity index (χ2v) is 6.01. The Kier molecular flexibility index (Phi) is 11.3. The topological polar surface area (TPSA) is 73.2 Å². The summed E-state index contributed by atoms with van der Waals surface area (Å²) in [5.41, 5.74) is 0. The predicted molar refractivity (Wildman–Crippen MR) is 79.3 cm³/mol. The summed E-state index contributed by atoms with van der Waals surface area (Å²) < 4.78 is 5.44. The molecule has 0 aromatic carbocycles. The van der Waals surface area contributed by atoms with Crippen LogP contribution >= 0.6 is 0 Å². The van der Waals surface area contributed by atoms with Crippen molar-refractivity contribution < 1.29 is 20.2 Å². The van der Waals surface area contributed by atoms with Crippen LogP contribution in [0.15, 0.2) is 0 Å². The van der Waals surface area contributed by atoms with E-state index in [0.717, 1.165) is 25.9 Å². The number of rotatable bonds is 13. The highest BCUT2D eigenvalue weighted by molar-refractivity contribution is 4.52. The summed E-state index contributed by atoms with van der Waals surface area (Å²) in [6.45, 7) is 7.09. The van der Waals surface area contributed by atoms with Gasteiger partial charge in [0.15, 0.2) is 0 Å². The fraction of sp³-hybridized carbons (Fsp3) is 1.00. The summed E-state index contributed by atoms with van der Waals surface area (Å²) in [5, 5.41) is 27.8. The Bertz CT molecular complexity index is 216. The highest BCUT2D eigenvalue weighted by Crippen LogP contribution is 2.10. The Morgan fingerprint density at radius 2 is 1.50 bits per heavy atom. The summed E-state index contributed by atoms with van der Waals surface area (Å²) >= 11 is 0. The molecule has 0 unspecified atom stereocenters. The van der Waals surface area contributed by atoms with Crippen LogP contribution in [0, 0.1) is 5.92 Å². The highest BCUT2D eigenvalue weighted by Gasteiger charge is 2.23. The lowest BCUT2D eigenvalue weighted by molar-refractivity contribution is -0.351. The monoisotopic (exact) mass is 291 g/mol. The van der Waals surface area contributed by atoms with Crippen LogP contribution in [0.5, 0.6) is 0 Å². The summed E-state index contributed by atoms with van der Waals surface area (Å²) in [5.74, 6) is -1.36. The molecule has 0 heterocycles. The number of ether oxygens (including phenoxy) is 1. The molecule has 0 radical (unpaired) electrons. The van der Waals surface area contributed by atoms with Gasteiger partial charge in [-0.05, 0) is 18.8 Å². The van der Waals surface area contributed by atoms with Crippen molar-refractivity contribution in [3.8, 4) is 0 Å². The van der Waals surface area contributed by atoms with Gasteiger partial charge in [0.1, 0.15) is 0 Å². The molecule has 3 N–H and O–H groups in total. The van der Waals surface area contributed by atoms with Gasteiger partial charge in [0.25, 0.3) is 0 Å². The second kappa shape index (κ2) is 11.5. The second-order valence-electron chi connectivity index (χ2n) is 6.01. The molecule has 0 aromatic rings. The minimum atomic E-state index is -2.17. The maximum atomic E-state index is 9.23. The Morgan fingerprint density at radius 3 is 2.10 bits per heavy atom. The molecule has 20 heavy (non-hydrogen) atoms. The van der Waals surface area contributed by atoms with E-state index in [4.69, 9.17) is 14.9 Å². The number of hydrogen-bond acceptors (Lipinski definition) is 5. The van der Waals surface area contributed by atoms with E-state index in [9.17, 15) is 5.21 Å². The van der Waals surface area contributed by atoms with Crippen molar-refractivity contribution in [3.63, 3.8) is 0 Å². The molecule has 0 aliphatic heterocycles. The van der Waals surface area contributed by atoms with Gasteiger partial charge in [-0.2, -0.15) is 0 Å². The van der Waals surface area contributed by atoms with E-state index in [1.807, 2.05) is 0 Å². The highest BCUT2D eigenvalue weighted by atomic mass is 16.6. The molecule has 0 bridgehead atoms. The summed E-state index contributed by atoms with van der Waals surface area (Å²) in [4.78, 5) is 0. The molecule has 0 aliphatic carbocycles. The Balaban J connectivity index is 3.18. The first-order valence-electron chi connectivity index (χ1n) is 7.83. The van der Waals surface area contributed by atoms with E-state index in [1.54, 1.807) is 0 Å². The molecule has 0 aromatic heterocycles. The van der Waals surface area contributed by atoms with Crippen LogP contribution in [0.4, 0.5) is 0 Å². The van der Waals surface area contributed by atoms with Crippen molar-refractivity contribution >= 4 is 0 Å². The molecule has 0 aliphatic rings. The van der Waals surface area contributed by atoms with Gasteiger partial charge in [0.05, 0.1) is 0 Å². The molecule has 5 heteroatoms. The third kappa shape index (κ3) is 12.8. The van der Waals surface area contributed by atoms with Crippen LogP contribution in [-0.2, 0) is 4.74 Å². The van der Waals surface area contributed by atoms with Gasteiger partial charge < -0.3 is 20.2 Å². The van der Waals surface area contributed by atoms with Crippen LogP contribution in [0.1, 0.15) is 65.7 Å². The predicted octanol–water partition coefficient (Wildman–Crippen LogP) is 2.74. The standard InChI is InChI=1S/C15H33NO4/c1-14(2)10-7-5-4-6-8-12-20-13-9-11-16(19)15(3,17)18/h14,17-19H,4-13H2,1-3H3. The molecule has 0 saturated heterocycles. The van der Waals surface area contributed by atoms with E-state index in [0.29, 0.717) is 18.1 Å². The SMILES string of the molecule is CC(C)CCCCCCCOCCCN(O)C(C)(O)O. The van der Waals surface area contributed by atoms with Gasteiger partial charge >= 0.3 is 0 Å². The van der Waals surface area contributed by atoms with E-state index >= 15 is 0 Å². The van der Waals surface area contributed by atoms with E-state index in [1.165, 1.54) is 32.1 Å². The lowest BCUT2D eigenvalue weighted by Gasteiger charge is -2.25. The average molecular weight is 291 g/mol. The average Bonchev–Trinajstić information content (AvgIpc) is 2.34. The van der Waals surface area contributed by atoms with E-state index < -0.39 is 5.91 Å². The van der Waals surface area contributed by atoms with Gasteiger partial charge in [0, 0.05) is 26.7 Å². The van der Waals surface area contributed by atoms with Crippen molar-refractivity contribution in [1.29, 1.82) is 0 Å². The van der Waals surface area contributed by atoms with Gasteiger partial charge in [-0.3, -0.25) is 0 Å². The van der Waals surface area contributed by atoms with Crippen LogP contribution in [0.2, 0.25) is 0 Å². The third-order valence-electron chi connectivity index (χ3n) is 3.22. The Labute approximate surface area is 123 Å². The van der Waals surface area contributed by atoms with Gasteiger partial charge in [-0.1, -0.05) is 46.0 Å². The largest absolute Gasteiger partial charge is 0.381 e. The molecule has 0 fully saturated rings. The molecule has 0 atom stereocenters. The molecule has 0 amide bonds. The number of hydroxylamine groups is 2. The van der Waals surface area contributed by atoms with Gasteiger partial charge in [0.2, 0.25) is 5.91 Å². The fourth-order valence-electron chi connectivity index (χ4n) is 1.92. The van der Waals surface area contributed by atoms with E-state index in [2.05, 4.69) is 13.8 Å². The van der Waals surface area contributed by atoms with Gasteiger partial charge in [-0.25, -0.2) is 0 Å². The van der Waals surface area contributed by atoms with Crippen LogP contribution in [0.25, 0.3) is 0 Å².